The highest BCUT2D eigenvalue weighted by Crippen LogP contribution is 2.33. The van der Waals surface area contributed by atoms with Crippen LogP contribution >= 0.6 is 11.8 Å². The van der Waals surface area contributed by atoms with Crippen molar-refractivity contribution in [3.8, 4) is 0 Å². The number of hydrogen-bond donors (Lipinski definition) is 0. The maximum absolute atomic E-state index is 4.45. The lowest BCUT2D eigenvalue weighted by molar-refractivity contribution is 0.412. The van der Waals surface area contributed by atoms with Gasteiger partial charge in [-0.1, -0.05) is 39.0 Å². The van der Waals surface area contributed by atoms with E-state index in [1.54, 1.807) is 0 Å². The number of aliphatic imine (C=N–C) groups is 1. The average molecular weight is 207 g/mol. The van der Waals surface area contributed by atoms with E-state index < -0.39 is 0 Å². The van der Waals surface area contributed by atoms with Crippen LogP contribution in [0.2, 0.25) is 0 Å². The zero-order chi connectivity index (χ0) is 10.2. The van der Waals surface area contributed by atoms with Gasteiger partial charge >= 0.3 is 0 Å². The molecular weight excluding hydrogens is 190 g/mol. The molecule has 1 heterocycles. The van der Waals surface area contributed by atoms with E-state index in [4.69, 9.17) is 0 Å². The standard InChI is InChI=1S/C12H17NS/c1-12(2,3)7-9-4-5-11-10(6-9)13-8-14-11/h4-6,8,10-11H,7H2,1-3H3. The van der Waals surface area contributed by atoms with Crippen LogP contribution in [0.15, 0.2) is 28.8 Å². The fourth-order valence-electron chi connectivity index (χ4n) is 1.86. The third-order valence-electron chi connectivity index (χ3n) is 2.41. The predicted molar refractivity (Wildman–Crippen MR) is 65.0 cm³/mol. The molecule has 0 bridgehead atoms. The van der Waals surface area contributed by atoms with Crippen LogP contribution in [0.25, 0.3) is 0 Å². The highest BCUT2D eigenvalue weighted by atomic mass is 32.2. The molecule has 2 atom stereocenters. The monoisotopic (exact) mass is 207 g/mol. The largest absolute Gasteiger partial charge is 0.277 e. The van der Waals surface area contributed by atoms with Gasteiger partial charge in [-0.05, 0) is 17.4 Å². The number of fused-ring (bicyclic) bond motifs is 1. The first kappa shape index (κ1) is 10.0. The van der Waals surface area contributed by atoms with Gasteiger partial charge in [-0.15, -0.1) is 11.8 Å². The molecular formula is C12H17NS. The zero-order valence-electron chi connectivity index (χ0n) is 9.03. The van der Waals surface area contributed by atoms with Crippen molar-refractivity contribution in [2.24, 2.45) is 10.4 Å². The minimum Gasteiger partial charge on any atom is -0.277 e. The molecule has 0 aromatic carbocycles. The molecule has 0 aromatic heterocycles. The fraction of sp³-hybridized carbons (Fsp3) is 0.583. The molecule has 1 aliphatic carbocycles. The summed E-state index contributed by atoms with van der Waals surface area (Å²) in [5.41, 5.74) is 3.80. The van der Waals surface area contributed by atoms with Gasteiger partial charge < -0.3 is 0 Å². The molecule has 0 amide bonds. The van der Waals surface area contributed by atoms with E-state index in [0.717, 1.165) is 6.42 Å². The lowest BCUT2D eigenvalue weighted by Crippen LogP contribution is -2.17. The Kier molecular flexibility index (Phi) is 2.56. The van der Waals surface area contributed by atoms with Crippen LogP contribution < -0.4 is 0 Å². The van der Waals surface area contributed by atoms with Gasteiger partial charge in [-0.25, -0.2) is 0 Å². The van der Waals surface area contributed by atoms with Crippen molar-refractivity contribution in [1.29, 1.82) is 0 Å². The molecule has 0 aromatic rings. The summed E-state index contributed by atoms with van der Waals surface area (Å²) in [6.45, 7) is 6.83. The van der Waals surface area contributed by atoms with E-state index >= 15 is 0 Å². The van der Waals surface area contributed by atoms with E-state index in [9.17, 15) is 0 Å². The first-order chi connectivity index (χ1) is 6.54. The molecule has 2 unspecified atom stereocenters. The van der Waals surface area contributed by atoms with Gasteiger partial charge in [0.25, 0.3) is 0 Å². The molecule has 0 saturated carbocycles. The van der Waals surface area contributed by atoms with Crippen molar-refractivity contribution in [1.82, 2.24) is 0 Å². The molecule has 0 N–H and O–H groups in total. The molecule has 2 aliphatic rings. The van der Waals surface area contributed by atoms with Crippen molar-refractivity contribution in [2.45, 2.75) is 38.5 Å². The fourth-order valence-corrected chi connectivity index (χ4v) is 2.69. The molecule has 0 saturated heterocycles. The van der Waals surface area contributed by atoms with Crippen molar-refractivity contribution in [2.75, 3.05) is 0 Å². The number of thioether (sulfide) groups is 1. The molecule has 1 nitrogen and oxygen atoms in total. The van der Waals surface area contributed by atoms with Gasteiger partial charge in [0.2, 0.25) is 0 Å². The summed E-state index contributed by atoms with van der Waals surface area (Å²) in [6, 6.07) is 0.405. The zero-order valence-corrected chi connectivity index (χ0v) is 9.84. The lowest BCUT2D eigenvalue weighted by atomic mass is 9.85. The summed E-state index contributed by atoms with van der Waals surface area (Å²) in [6.07, 6.45) is 8.04. The molecule has 0 fully saturated rings. The summed E-state index contributed by atoms with van der Waals surface area (Å²) in [7, 11) is 0. The second-order valence-corrected chi connectivity index (χ2v) is 6.21. The third-order valence-corrected chi connectivity index (χ3v) is 3.40. The third kappa shape index (κ3) is 2.30. The van der Waals surface area contributed by atoms with Gasteiger partial charge in [-0.3, -0.25) is 4.99 Å². The smallest absolute Gasteiger partial charge is 0.0849 e. The van der Waals surface area contributed by atoms with E-state index in [1.165, 1.54) is 5.57 Å². The summed E-state index contributed by atoms with van der Waals surface area (Å²) in [5.74, 6) is 0. The van der Waals surface area contributed by atoms with E-state index in [1.807, 2.05) is 17.3 Å². The number of rotatable bonds is 1. The SMILES string of the molecule is CC(C)(C)CC1=CC2N=CSC2C=C1. The highest BCUT2D eigenvalue weighted by molar-refractivity contribution is 8.13. The lowest BCUT2D eigenvalue weighted by Gasteiger charge is -2.23. The quantitative estimate of drug-likeness (QED) is 0.641. The van der Waals surface area contributed by atoms with Crippen LogP contribution in [0.4, 0.5) is 0 Å². The summed E-state index contributed by atoms with van der Waals surface area (Å²) in [4.78, 5) is 4.45. The Morgan fingerprint density at radius 1 is 1.43 bits per heavy atom. The first-order valence-corrected chi connectivity index (χ1v) is 6.05. The van der Waals surface area contributed by atoms with Gasteiger partial charge in [-0.2, -0.15) is 0 Å². The summed E-state index contributed by atoms with van der Waals surface area (Å²) < 4.78 is 0. The van der Waals surface area contributed by atoms with Crippen molar-refractivity contribution >= 4 is 17.3 Å². The van der Waals surface area contributed by atoms with Crippen LogP contribution in [-0.2, 0) is 0 Å². The molecule has 14 heavy (non-hydrogen) atoms. The number of hydrogen-bond acceptors (Lipinski definition) is 2. The Hall–Kier alpha value is -0.500. The Morgan fingerprint density at radius 3 is 2.93 bits per heavy atom. The summed E-state index contributed by atoms with van der Waals surface area (Å²) >= 11 is 1.82. The normalized spacial score (nSPS) is 30.4. The van der Waals surface area contributed by atoms with Crippen LogP contribution in [0, 0.1) is 5.41 Å². The van der Waals surface area contributed by atoms with Crippen molar-refractivity contribution in [3.05, 3.63) is 23.8 Å². The van der Waals surface area contributed by atoms with Gasteiger partial charge in [0, 0.05) is 0 Å². The Bertz CT molecular complexity index is 307. The van der Waals surface area contributed by atoms with Crippen LogP contribution in [-0.4, -0.2) is 16.8 Å². The molecule has 2 rings (SSSR count). The summed E-state index contributed by atoms with van der Waals surface area (Å²) in [5, 5.41) is 0.568. The van der Waals surface area contributed by atoms with Crippen molar-refractivity contribution in [3.63, 3.8) is 0 Å². The van der Waals surface area contributed by atoms with E-state index in [0.29, 0.717) is 16.7 Å². The highest BCUT2D eigenvalue weighted by Gasteiger charge is 2.24. The minimum absolute atomic E-state index is 0.373. The molecule has 0 spiro atoms. The molecule has 1 aliphatic heterocycles. The van der Waals surface area contributed by atoms with E-state index in [2.05, 4.69) is 44.0 Å². The first-order valence-electron chi connectivity index (χ1n) is 5.11. The van der Waals surface area contributed by atoms with E-state index in [-0.39, 0.29) is 0 Å². The Balaban J connectivity index is 2.08. The number of allylic oxidation sites excluding steroid dienone is 2. The Labute approximate surface area is 90.4 Å². The van der Waals surface area contributed by atoms with Crippen molar-refractivity contribution < 1.29 is 0 Å². The van der Waals surface area contributed by atoms with Crippen LogP contribution in [0.3, 0.4) is 0 Å². The molecule has 2 heteroatoms. The average Bonchev–Trinajstić information content (AvgIpc) is 2.47. The van der Waals surface area contributed by atoms with Gasteiger partial charge in [0.05, 0.1) is 16.8 Å². The maximum atomic E-state index is 4.45. The minimum atomic E-state index is 0.373. The topological polar surface area (TPSA) is 12.4 Å². The second kappa shape index (κ2) is 3.58. The maximum Gasteiger partial charge on any atom is 0.0849 e. The van der Waals surface area contributed by atoms with Crippen LogP contribution in [0.5, 0.6) is 0 Å². The van der Waals surface area contributed by atoms with Gasteiger partial charge in [0.1, 0.15) is 0 Å². The number of nitrogens with zero attached hydrogens (tertiary/aromatic N) is 1. The predicted octanol–water partition coefficient (Wildman–Crippen LogP) is 3.43. The van der Waals surface area contributed by atoms with Crippen LogP contribution in [0.1, 0.15) is 27.2 Å². The Morgan fingerprint density at radius 2 is 2.21 bits per heavy atom. The molecule has 76 valence electrons. The molecule has 0 radical (unpaired) electrons. The van der Waals surface area contributed by atoms with Gasteiger partial charge in [0.15, 0.2) is 0 Å². The second-order valence-electron chi connectivity index (χ2n) is 5.18.